The maximum atomic E-state index is 12.0. The lowest BCUT2D eigenvalue weighted by Gasteiger charge is -2.17. The van der Waals surface area contributed by atoms with Gasteiger partial charge in [0.2, 0.25) is 0 Å². The van der Waals surface area contributed by atoms with Gasteiger partial charge in [-0.25, -0.2) is 4.98 Å². The zero-order valence-corrected chi connectivity index (χ0v) is 12.5. The molecule has 0 aromatic carbocycles. The summed E-state index contributed by atoms with van der Waals surface area (Å²) in [5, 5.41) is 9.32. The summed E-state index contributed by atoms with van der Waals surface area (Å²) in [6.07, 6.45) is 1.30. The van der Waals surface area contributed by atoms with Gasteiger partial charge in [-0.05, 0) is 42.0 Å². The Balaban J connectivity index is 2.31. The Morgan fingerprint density at radius 1 is 1.53 bits per heavy atom. The monoisotopic (exact) mass is 325 g/mol. The number of aromatic nitrogens is 2. The summed E-state index contributed by atoms with van der Waals surface area (Å²) in [7, 11) is 1.89. The molecular formula is C13H16BrN3O2. The molecule has 2 heterocycles. The first-order valence-electron chi connectivity index (χ1n) is 6.00. The molecule has 1 N–H and O–H groups in total. The van der Waals surface area contributed by atoms with E-state index in [2.05, 4.69) is 20.9 Å². The van der Waals surface area contributed by atoms with Gasteiger partial charge in [0.1, 0.15) is 5.65 Å². The number of likely N-dealkylation sites (N-methyl/N-ethyl adjacent to an activating group) is 1. The Morgan fingerprint density at radius 2 is 2.26 bits per heavy atom. The molecule has 0 aliphatic rings. The smallest absolute Gasteiger partial charge is 0.258 e. The Bertz CT molecular complexity index is 639. The molecular weight excluding hydrogens is 310 g/mol. The summed E-state index contributed by atoms with van der Waals surface area (Å²) in [6.45, 7) is 2.81. The van der Waals surface area contributed by atoms with Crippen molar-refractivity contribution in [2.24, 2.45) is 0 Å². The van der Waals surface area contributed by atoms with Crippen LogP contribution in [0.4, 0.5) is 0 Å². The zero-order chi connectivity index (χ0) is 14.0. The van der Waals surface area contributed by atoms with Gasteiger partial charge in [-0.15, -0.1) is 0 Å². The first-order valence-corrected chi connectivity index (χ1v) is 6.79. The molecule has 19 heavy (non-hydrogen) atoms. The number of pyridine rings is 1. The van der Waals surface area contributed by atoms with E-state index < -0.39 is 6.10 Å². The van der Waals surface area contributed by atoms with Crippen LogP contribution in [-0.4, -0.2) is 39.1 Å². The van der Waals surface area contributed by atoms with E-state index in [0.717, 1.165) is 4.47 Å². The van der Waals surface area contributed by atoms with Crippen molar-refractivity contribution >= 4 is 21.6 Å². The summed E-state index contributed by atoms with van der Waals surface area (Å²) < 4.78 is 2.34. The van der Waals surface area contributed by atoms with Crippen molar-refractivity contribution in [1.29, 1.82) is 0 Å². The fraction of sp³-hybridized carbons (Fsp3) is 0.385. The van der Waals surface area contributed by atoms with Gasteiger partial charge in [0, 0.05) is 29.8 Å². The molecule has 1 atom stereocenters. The summed E-state index contributed by atoms with van der Waals surface area (Å²) in [4.78, 5) is 18.4. The number of fused-ring (bicyclic) bond motifs is 1. The second kappa shape index (κ2) is 5.81. The highest BCUT2D eigenvalue weighted by Gasteiger charge is 2.07. The lowest BCUT2D eigenvalue weighted by atomic mass is 10.3. The second-order valence-corrected chi connectivity index (χ2v) is 5.62. The molecule has 2 aromatic heterocycles. The second-order valence-electron chi connectivity index (χ2n) is 4.71. The lowest BCUT2D eigenvalue weighted by molar-refractivity contribution is 0.138. The fourth-order valence-electron chi connectivity index (χ4n) is 2.00. The van der Waals surface area contributed by atoms with Crippen molar-refractivity contribution in [2.75, 3.05) is 13.6 Å². The number of hydrogen-bond acceptors (Lipinski definition) is 4. The van der Waals surface area contributed by atoms with E-state index >= 15 is 0 Å². The third kappa shape index (κ3) is 3.62. The third-order valence-electron chi connectivity index (χ3n) is 2.68. The molecule has 0 fully saturated rings. The van der Waals surface area contributed by atoms with Gasteiger partial charge < -0.3 is 5.11 Å². The topological polar surface area (TPSA) is 57.8 Å². The van der Waals surface area contributed by atoms with Gasteiger partial charge in [0.05, 0.1) is 11.8 Å². The van der Waals surface area contributed by atoms with E-state index in [-0.39, 0.29) is 5.56 Å². The third-order valence-corrected chi connectivity index (χ3v) is 3.15. The number of aliphatic hydroxyl groups excluding tert-OH is 1. The highest BCUT2D eigenvalue weighted by Crippen LogP contribution is 2.10. The van der Waals surface area contributed by atoms with Crippen molar-refractivity contribution < 1.29 is 5.11 Å². The van der Waals surface area contributed by atoms with E-state index in [1.165, 1.54) is 10.5 Å². The van der Waals surface area contributed by atoms with Crippen molar-refractivity contribution in [2.45, 2.75) is 19.6 Å². The van der Waals surface area contributed by atoms with Crippen LogP contribution in [-0.2, 0) is 6.54 Å². The van der Waals surface area contributed by atoms with Crippen LogP contribution in [0, 0.1) is 0 Å². The zero-order valence-electron chi connectivity index (χ0n) is 10.9. The van der Waals surface area contributed by atoms with Crippen LogP contribution in [0.15, 0.2) is 33.7 Å². The molecule has 6 heteroatoms. The molecule has 0 bridgehead atoms. The largest absolute Gasteiger partial charge is 0.392 e. The normalized spacial score (nSPS) is 13.1. The van der Waals surface area contributed by atoms with Crippen LogP contribution in [0.1, 0.15) is 12.6 Å². The van der Waals surface area contributed by atoms with Crippen LogP contribution in [0.3, 0.4) is 0 Å². The first-order chi connectivity index (χ1) is 8.95. The van der Waals surface area contributed by atoms with Gasteiger partial charge in [-0.2, -0.15) is 0 Å². The molecule has 102 valence electrons. The van der Waals surface area contributed by atoms with Crippen molar-refractivity contribution in [3.8, 4) is 0 Å². The first kappa shape index (κ1) is 14.2. The van der Waals surface area contributed by atoms with Crippen molar-refractivity contribution in [3.05, 3.63) is 44.9 Å². The van der Waals surface area contributed by atoms with Crippen molar-refractivity contribution in [3.63, 3.8) is 0 Å². The summed E-state index contributed by atoms with van der Waals surface area (Å²) in [5.41, 5.74) is 1.22. The van der Waals surface area contributed by atoms with Crippen LogP contribution < -0.4 is 5.56 Å². The predicted molar refractivity (Wildman–Crippen MR) is 77.2 cm³/mol. The van der Waals surface area contributed by atoms with E-state index in [1.54, 1.807) is 19.2 Å². The summed E-state index contributed by atoms with van der Waals surface area (Å²) >= 11 is 3.33. The minimum absolute atomic E-state index is 0.105. The number of nitrogens with zero attached hydrogens (tertiary/aromatic N) is 3. The lowest BCUT2D eigenvalue weighted by Crippen LogP contribution is -2.28. The molecule has 5 nitrogen and oxygen atoms in total. The maximum absolute atomic E-state index is 12.0. The maximum Gasteiger partial charge on any atom is 0.258 e. The Morgan fingerprint density at radius 3 is 2.95 bits per heavy atom. The molecule has 0 aliphatic heterocycles. The number of hydrogen-bond donors (Lipinski definition) is 1. The van der Waals surface area contributed by atoms with Crippen molar-refractivity contribution in [1.82, 2.24) is 14.3 Å². The Kier molecular flexibility index (Phi) is 4.34. The number of halogens is 1. The van der Waals surface area contributed by atoms with Crippen LogP contribution >= 0.6 is 15.9 Å². The SMILES string of the molecule is CC(O)CN(C)Cc1cc(=O)n2cc(Br)ccc2n1. The van der Waals surface area contributed by atoms with Gasteiger partial charge in [0.25, 0.3) is 5.56 Å². The molecule has 0 spiro atoms. The summed E-state index contributed by atoms with van der Waals surface area (Å²) in [6, 6.07) is 5.17. The summed E-state index contributed by atoms with van der Waals surface area (Å²) in [5.74, 6) is 0. The fourth-order valence-corrected chi connectivity index (χ4v) is 2.34. The van der Waals surface area contributed by atoms with Gasteiger partial charge in [-0.1, -0.05) is 0 Å². The van der Waals surface area contributed by atoms with E-state index in [9.17, 15) is 9.90 Å². The Hall–Kier alpha value is -1.24. The Labute approximate surface area is 119 Å². The average Bonchev–Trinajstić information content (AvgIpc) is 2.29. The standard InChI is InChI=1S/C13H16BrN3O2/c1-9(18)6-16(2)8-11-5-13(19)17-7-10(14)3-4-12(17)15-11/h3-5,7,9,18H,6,8H2,1-2H3. The number of rotatable bonds is 4. The van der Waals surface area contributed by atoms with E-state index in [0.29, 0.717) is 24.4 Å². The minimum atomic E-state index is -0.400. The van der Waals surface area contributed by atoms with Gasteiger partial charge in [0.15, 0.2) is 0 Å². The quantitative estimate of drug-likeness (QED) is 0.919. The predicted octanol–water partition coefficient (Wildman–Crippen LogP) is 1.27. The van der Waals surface area contributed by atoms with Crippen LogP contribution in [0.5, 0.6) is 0 Å². The van der Waals surface area contributed by atoms with Gasteiger partial charge in [-0.3, -0.25) is 14.1 Å². The minimum Gasteiger partial charge on any atom is -0.392 e. The van der Waals surface area contributed by atoms with E-state index in [4.69, 9.17) is 0 Å². The molecule has 1 unspecified atom stereocenters. The van der Waals surface area contributed by atoms with E-state index in [1.807, 2.05) is 18.0 Å². The highest BCUT2D eigenvalue weighted by molar-refractivity contribution is 9.10. The van der Waals surface area contributed by atoms with Crippen LogP contribution in [0.25, 0.3) is 5.65 Å². The average molecular weight is 326 g/mol. The molecule has 2 rings (SSSR count). The molecule has 2 aromatic rings. The molecule has 0 amide bonds. The van der Waals surface area contributed by atoms with Gasteiger partial charge >= 0.3 is 0 Å². The molecule has 0 saturated heterocycles. The molecule has 0 radical (unpaired) electrons. The highest BCUT2D eigenvalue weighted by atomic mass is 79.9. The molecule has 0 aliphatic carbocycles. The van der Waals surface area contributed by atoms with Crippen LogP contribution in [0.2, 0.25) is 0 Å². The number of aliphatic hydroxyl groups is 1. The molecule has 0 saturated carbocycles.